The van der Waals surface area contributed by atoms with Crippen molar-refractivity contribution in [3.05, 3.63) is 27.8 Å². The summed E-state index contributed by atoms with van der Waals surface area (Å²) < 4.78 is 5.13. The molecule has 0 bridgehead atoms. The summed E-state index contributed by atoms with van der Waals surface area (Å²) in [5.74, 6) is 0.0125. The lowest BCUT2D eigenvalue weighted by molar-refractivity contribution is -0.385. The van der Waals surface area contributed by atoms with Crippen LogP contribution in [0.4, 0.5) is 5.69 Å². The van der Waals surface area contributed by atoms with Gasteiger partial charge in [-0.1, -0.05) is 0 Å². The Hall–Kier alpha value is -1.80. The van der Waals surface area contributed by atoms with Gasteiger partial charge in [-0.05, 0) is 19.4 Å². The maximum absolute atomic E-state index is 12.4. The summed E-state index contributed by atoms with van der Waals surface area (Å²) in [6.07, 6.45) is 1.82. The van der Waals surface area contributed by atoms with Crippen LogP contribution in [0.5, 0.6) is 5.75 Å². The maximum atomic E-state index is 12.4. The van der Waals surface area contributed by atoms with E-state index in [0.29, 0.717) is 23.7 Å². The number of carbonyl (C=O) groups is 1. The van der Waals surface area contributed by atoms with Gasteiger partial charge in [0.1, 0.15) is 11.3 Å². The summed E-state index contributed by atoms with van der Waals surface area (Å²) in [6.45, 7) is 1.08. The highest BCUT2D eigenvalue weighted by Gasteiger charge is 2.25. The third-order valence-corrected chi connectivity index (χ3v) is 3.73. The molecule has 0 atom stereocenters. The van der Waals surface area contributed by atoms with Crippen LogP contribution in [0.3, 0.4) is 0 Å². The molecule has 1 rings (SSSR count). The number of rotatable bonds is 7. The summed E-state index contributed by atoms with van der Waals surface area (Å²) in [5.41, 5.74) is -0.172. The predicted molar refractivity (Wildman–Crippen MR) is 82.3 cm³/mol. The molecule has 0 aliphatic rings. The van der Waals surface area contributed by atoms with Gasteiger partial charge in [-0.25, -0.2) is 0 Å². The van der Waals surface area contributed by atoms with Crippen LogP contribution in [0.15, 0.2) is 17.0 Å². The molecule has 0 aromatic heterocycles. The highest BCUT2D eigenvalue weighted by molar-refractivity contribution is 7.98. The van der Waals surface area contributed by atoms with E-state index < -0.39 is 4.92 Å². The van der Waals surface area contributed by atoms with E-state index >= 15 is 0 Å². The Morgan fingerprint density at radius 2 is 2.19 bits per heavy atom. The first-order valence-electron chi connectivity index (χ1n) is 6.26. The number of carbonyl (C=O) groups excluding carboxylic acids is 1. The Bertz CT molecular complexity index is 536. The Kier molecular flexibility index (Phi) is 6.44. The van der Waals surface area contributed by atoms with Gasteiger partial charge in [0.05, 0.1) is 23.0 Å². The standard InChI is InChI=1S/C13H19N3O4S/c1-14-5-6-15(2)13(17)9-7-12(21-4)11(20-3)8-10(9)16(18)19/h7-8,14H,5-6H2,1-4H3. The number of hydrogen-bond acceptors (Lipinski definition) is 6. The summed E-state index contributed by atoms with van der Waals surface area (Å²) in [4.78, 5) is 25.2. The van der Waals surface area contributed by atoms with Crippen molar-refractivity contribution in [2.24, 2.45) is 0 Å². The maximum Gasteiger partial charge on any atom is 0.285 e. The van der Waals surface area contributed by atoms with Crippen LogP contribution in [0.25, 0.3) is 0 Å². The average molecular weight is 313 g/mol. The van der Waals surface area contributed by atoms with Crippen LogP contribution < -0.4 is 10.1 Å². The molecule has 0 fully saturated rings. The fraction of sp³-hybridized carbons (Fsp3) is 0.462. The molecule has 7 nitrogen and oxygen atoms in total. The first kappa shape index (κ1) is 17.3. The van der Waals surface area contributed by atoms with Gasteiger partial charge in [-0.15, -0.1) is 11.8 Å². The third kappa shape index (κ3) is 4.08. The van der Waals surface area contributed by atoms with Crippen LogP contribution in [-0.2, 0) is 0 Å². The lowest BCUT2D eigenvalue weighted by atomic mass is 10.1. The second-order valence-corrected chi connectivity index (χ2v) is 5.16. The number of nitrogens with zero attached hydrogens (tertiary/aromatic N) is 2. The number of ether oxygens (including phenoxy) is 1. The number of nitrogens with one attached hydrogen (secondary N) is 1. The Morgan fingerprint density at radius 3 is 2.67 bits per heavy atom. The molecule has 0 saturated carbocycles. The molecule has 0 aliphatic heterocycles. The van der Waals surface area contributed by atoms with Gasteiger partial charge >= 0.3 is 0 Å². The zero-order valence-electron chi connectivity index (χ0n) is 12.5. The second kappa shape index (κ2) is 7.84. The number of likely N-dealkylation sites (N-methyl/N-ethyl adjacent to an activating group) is 2. The first-order chi connectivity index (χ1) is 9.96. The largest absolute Gasteiger partial charge is 0.495 e. The first-order valence-corrected chi connectivity index (χ1v) is 7.49. The van der Waals surface area contributed by atoms with Gasteiger partial charge in [-0.2, -0.15) is 0 Å². The van der Waals surface area contributed by atoms with Crippen molar-refractivity contribution < 1.29 is 14.5 Å². The minimum Gasteiger partial charge on any atom is -0.495 e. The van der Waals surface area contributed by atoms with Gasteiger partial charge in [0.25, 0.3) is 11.6 Å². The van der Waals surface area contributed by atoms with Crippen LogP contribution in [0.2, 0.25) is 0 Å². The van der Waals surface area contributed by atoms with E-state index in [0.717, 1.165) is 0 Å². The molecule has 1 aromatic carbocycles. The van der Waals surface area contributed by atoms with Crippen LogP contribution in [0, 0.1) is 10.1 Å². The summed E-state index contributed by atoms with van der Waals surface area (Å²) in [6, 6.07) is 2.81. The van der Waals surface area contributed by atoms with Crippen molar-refractivity contribution in [2.45, 2.75) is 4.90 Å². The zero-order chi connectivity index (χ0) is 16.0. The number of nitro groups is 1. The van der Waals surface area contributed by atoms with Gasteiger partial charge in [0.15, 0.2) is 0 Å². The minimum absolute atomic E-state index is 0.0729. The summed E-state index contributed by atoms with van der Waals surface area (Å²) in [7, 11) is 4.84. The molecule has 0 aliphatic carbocycles. The fourth-order valence-corrected chi connectivity index (χ4v) is 2.36. The van der Waals surface area contributed by atoms with Crippen LogP contribution >= 0.6 is 11.8 Å². The highest BCUT2D eigenvalue weighted by Crippen LogP contribution is 2.34. The Labute approximate surface area is 127 Å². The molecular formula is C13H19N3O4S. The number of methoxy groups -OCH3 is 1. The van der Waals surface area contributed by atoms with Crippen LogP contribution in [-0.4, -0.2) is 56.3 Å². The summed E-state index contributed by atoms with van der Waals surface area (Å²) >= 11 is 1.37. The molecule has 0 unspecified atom stereocenters. The van der Waals surface area contributed by atoms with Gasteiger partial charge in [-0.3, -0.25) is 14.9 Å². The molecule has 0 radical (unpaired) electrons. The number of hydrogen-bond donors (Lipinski definition) is 1. The van der Waals surface area contributed by atoms with Crippen molar-refractivity contribution in [3.63, 3.8) is 0 Å². The third-order valence-electron chi connectivity index (χ3n) is 2.97. The van der Waals surface area contributed by atoms with E-state index in [-0.39, 0.29) is 17.2 Å². The van der Waals surface area contributed by atoms with Gasteiger partial charge < -0.3 is 15.0 Å². The highest BCUT2D eigenvalue weighted by atomic mass is 32.2. The van der Waals surface area contributed by atoms with E-state index in [4.69, 9.17) is 4.74 Å². The molecule has 8 heteroatoms. The SMILES string of the molecule is CNCCN(C)C(=O)c1cc(SC)c(OC)cc1[N+](=O)[O-]. The minimum atomic E-state index is -0.564. The average Bonchev–Trinajstić information content (AvgIpc) is 2.50. The number of thioether (sulfide) groups is 1. The number of amides is 1. The number of benzene rings is 1. The van der Waals surface area contributed by atoms with E-state index in [1.165, 1.54) is 35.9 Å². The fourth-order valence-electron chi connectivity index (χ4n) is 1.78. The predicted octanol–water partition coefficient (Wildman–Crippen LogP) is 1.62. The van der Waals surface area contributed by atoms with E-state index in [9.17, 15) is 14.9 Å². The van der Waals surface area contributed by atoms with Crippen molar-refractivity contribution in [1.82, 2.24) is 10.2 Å². The zero-order valence-corrected chi connectivity index (χ0v) is 13.3. The van der Waals surface area contributed by atoms with E-state index in [2.05, 4.69) is 5.32 Å². The molecule has 0 saturated heterocycles. The smallest absolute Gasteiger partial charge is 0.285 e. The second-order valence-electron chi connectivity index (χ2n) is 4.31. The van der Waals surface area contributed by atoms with E-state index in [1.54, 1.807) is 14.1 Å². The molecule has 0 spiro atoms. The van der Waals surface area contributed by atoms with Gasteiger partial charge in [0, 0.05) is 20.1 Å². The Balaban J connectivity index is 3.26. The normalized spacial score (nSPS) is 10.3. The molecular weight excluding hydrogens is 294 g/mol. The molecule has 21 heavy (non-hydrogen) atoms. The van der Waals surface area contributed by atoms with Crippen molar-refractivity contribution in [2.75, 3.05) is 40.6 Å². The van der Waals surface area contributed by atoms with Crippen molar-refractivity contribution in [1.29, 1.82) is 0 Å². The summed E-state index contributed by atoms with van der Waals surface area (Å²) in [5, 5.41) is 14.1. The molecule has 0 heterocycles. The van der Waals surface area contributed by atoms with Gasteiger partial charge in [0.2, 0.25) is 0 Å². The Morgan fingerprint density at radius 1 is 1.52 bits per heavy atom. The van der Waals surface area contributed by atoms with Crippen molar-refractivity contribution >= 4 is 23.4 Å². The molecule has 116 valence electrons. The lowest BCUT2D eigenvalue weighted by Crippen LogP contribution is -2.33. The topological polar surface area (TPSA) is 84.7 Å². The quantitative estimate of drug-likeness (QED) is 0.468. The number of nitro benzene ring substituents is 1. The molecule has 1 N–H and O–H groups in total. The lowest BCUT2D eigenvalue weighted by Gasteiger charge is -2.18. The van der Waals surface area contributed by atoms with E-state index in [1.807, 2.05) is 6.26 Å². The van der Waals surface area contributed by atoms with Crippen LogP contribution in [0.1, 0.15) is 10.4 Å². The molecule has 1 aromatic rings. The molecule has 1 amide bonds. The monoisotopic (exact) mass is 313 g/mol. The van der Waals surface area contributed by atoms with Crippen molar-refractivity contribution in [3.8, 4) is 5.75 Å².